The van der Waals surface area contributed by atoms with Crippen LogP contribution in [0.3, 0.4) is 0 Å². The second-order valence-corrected chi connectivity index (χ2v) is 14.3. The number of amides is 8. The number of carboxylic acids is 2. The van der Waals surface area contributed by atoms with E-state index >= 15 is 0 Å². The molecule has 0 rings (SSSR count). The molecule has 18 N–H and O–H groups in total. The van der Waals surface area contributed by atoms with Crippen molar-refractivity contribution in [3.05, 3.63) is 0 Å². The highest BCUT2D eigenvalue weighted by atomic mass is 32.2. The molecule has 6 atom stereocenters. The predicted octanol–water partition coefficient (Wildman–Crippen LogP) is -4.67. The maximum Gasteiger partial charge on any atom is 0.303 e. The molecule has 0 radical (unpaired) electrons. The average Bonchev–Trinajstić information content (AvgIpc) is 3.14. The van der Waals surface area contributed by atoms with Gasteiger partial charge in [-0.05, 0) is 76.3 Å². The fraction of sp³-hybridized carbons (Fsp3) is 0.676. The van der Waals surface area contributed by atoms with Gasteiger partial charge in [0.1, 0.15) is 36.3 Å². The van der Waals surface area contributed by atoms with E-state index in [1.54, 1.807) is 6.26 Å². The monoisotopic (exact) mass is 860 g/mol. The Bertz CT molecular complexity index is 1500. The normalized spacial score (nSPS) is 13.7. The molecule has 0 aromatic carbocycles. The summed E-state index contributed by atoms with van der Waals surface area (Å²) in [5.41, 5.74) is 27.0. The molecule has 0 bridgehead atoms. The SMILES string of the molecule is CSCC[C@@H](NC(=O)[C@H](CCC(N)=O)NC(=O)[C@H](CCCCN)NC(=O)[C@H](CCCN=C(N)N)NC(C)=O)C(=O)N[C@@H](CCC(=O)O)C(=O)N[C@@H](CCC(=O)O)C(N)=O. The Hall–Kier alpha value is -5.72. The van der Waals surface area contributed by atoms with Gasteiger partial charge in [0.15, 0.2) is 5.96 Å². The van der Waals surface area contributed by atoms with Gasteiger partial charge in [0.2, 0.25) is 47.3 Å². The zero-order valence-corrected chi connectivity index (χ0v) is 34.1. The molecule has 0 heterocycles. The first kappa shape index (κ1) is 53.3. The van der Waals surface area contributed by atoms with E-state index < -0.39 is 128 Å². The largest absolute Gasteiger partial charge is 0.481 e. The number of hydrogen-bond donors (Lipinski definition) is 13. The summed E-state index contributed by atoms with van der Waals surface area (Å²) in [7, 11) is 0. The third kappa shape index (κ3) is 24.6. The molecular weight excluding hydrogens is 801 g/mol. The number of nitrogens with one attached hydrogen (secondary N) is 6. The van der Waals surface area contributed by atoms with Gasteiger partial charge in [0.25, 0.3) is 0 Å². The van der Waals surface area contributed by atoms with E-state index in [0.717, 1.165) is 0 Å². The summed E-state index contributed by atoms with van der Waals surface area (Å²) < 4.78 is 0. The van der Waals surface area contributed by atoms with Crippen molar-refractivity contribution in [1.82, 2.24) is 31.9 Å². The van der Waals surface area contributed by atoms with Crippen molar-refractivity contribution in [3.8, 4) is 0 Å². The van der Waals surface area contributed by atoms with Crippen LogP contribution in [0, 0.1) is 0 Å². The molecule has 0 aromatic heterocycles. The van der Waals surface area contributed by atoms with Gasteiger partial charge >= 0.3 is 11.9 Å². The van der Waals surface area contributed by atoms with E-state index in [1.807, 2.05) is 0 Å². The second kappa shape index (κ2) is 29.5. The number of thioether (sulfide) groups is 1. The van der Waals surface area contributed by atoms with Crippen LogP contribution in [0.2, 0.25) is 0 Å². The Balaban J connectivity index is 6.42. The number of carbonyl (C=O) groups is 10. The number of hydrogen-bond acceptors (Lipinski definition) is 13. The Labute approximate surface area is 345 Å². The van der Waals surface area contributed by atoms with Gasteiger partial charge in [-0.15, -0.1) is 0 Å². The van der Waals surface area contributed by atoms with Crippen LogP contribution in [0.1, 0.15) is 84.0 Å². The van der Waals surface area contributed by atoms with Crippen molar-refractivity contribution < 1.29 is 58.2 Å². The first-order chi connectivity index (χ1) is 27.7. The lowest BCUT2D eigenvalue weighted by Gasteiger charge is -2.27. The van der Waals surface area contributed by atoms with E-state index in [9.17, 15) is 53.1 Å². The summed E-state index contributed by atoms with van der Waals surface area (Å²) >= 11 is 1.29. The van der Waals surface area contributed by atoms with Crippen molar-refractivity contribution in [2.75, 3.05) is 25.1 Å². The first-order valence-corrected chi connectivity index (χ1v) is 20.2. The van der Waals surface area contributed by atoms with Gasteiger partial charge in [-0.2, -0.15) is 11.8 Å². The number of aliphatic imine (C=N–C) groups is 1. The van der Waals surface area contributed by atoms with Gasteiger partial charge in [-0.3, -0.25) is 52.9 Å². The highest BCUT2D eigenvalue weighted by Crippen LogP contribution is 2.10. The van der Waals surface area contributed by atoms with Gasteiger partial charge in [-0.25, -0.2) is 0 Å². The molecule has 0 saturated heterocycles. The molecule has 334 valence electrons. The number of carbonyl (C=O) groups excluding carboxylic acids is 8. The van der Waals surface area contributed by atoms with Crippen molar-refractivity contribution in [2.24, 2.45) is 33.7 Å². The molecule has 25 heteroatoms. The number of carboxylic acid groups (broad SMARTS) is 2. The maximum atomic E-state index is 13.8. The molecule has 0 aliphatic rings. The number of rotatable bonds is 32. The molecule has 0 aliphatic heterocycles. The van der Waals surface area contributed by atoms with Crippen LogP contribution in [0.5, 0.6) is 0 Å². The zero-order chi connectivity index (χ0) is 45.1. The quantitative estimate of drug-likeness (QED) is 0.0172. The van der Waals surface area contributed by atoms with Gasteiger partial charge < -0.3 is 70.8 Å². The molecule has 0 aromatic rings. The van der Waals surface area contributed by atoms with Gasteiger partial charge in [0, 0.05) is 32.7 Å². The number of primary amides is 2. The van der Waals surface area contributed by atoms with Crippen LogP contribution in [0.15, 0.2) is 4.99 Å². The number of unbranched alkanes of at least 4 members (excludes halogenated alkanes) is 1. The average molecular weight is 861 g/mol. The summed E-state index contributed by atoms with van der Waals surface area (Å²) in [6.07, 6.45) is 0.121. The molecule has 0 aliphatic carbocycles. The summed E-state index contributed by atoms with van der Waals surface area (Å²) in [5.74, 6) is -9.50. The Morgan fingerprint density at radius 3 is 1.32 bits per heavy atom. The first-order valence-electron chi connectivity index (χ1n) is 18.8. The summed E-state index contributed by atoms with van der Waals surface area (Å²) in [6.45, 7) is 1.62. The third-order valence-corrected chi connectivity index (χ3v) is 9.01. The van der Waals surface area contributed by atoms with Gasteiger partial charge in [-0.1, -0.05) is 0 Å². The molecule has 59 heavy (non-hydrogen) atoms. The smallest absolute Gasteiger partial charge is 0.303 e. The van der Waals surface area contributed by atoms with Crippen LogP contribution in [-0.4, -0.2) is 137 Å². The van der Waals surface area contributed by atoms with E-state index in [4.69, 9.17) is 33.8 Å². The van der Waals surface area contributed by atoms with Crippen molar-refractivity contribution in [2.45, 2.75) is 120 Å². The van der Waals surface area contributed by atoms with Crippen LogP contribution < -0.4 is 60.6 Å². The molecule has 0 saturated carbocycles. The minimum Gasteiger partial charge on any atom is -0.481 e. The molecule has 0 unspecified atom stereocenters. The topological polar surface area (TPSA) is 426 Å². The maximum absolute atomic E-state index is 13.8. The molecule has 0 spiro atoms. The lowest BCUT2D eigenvalue weighted by Crippen LogP contribution is -2.59. The Morgan fingerprint density at radius 2 is 0.932 bits per heavy atom. The third-order valence-electron chi connectivity index (χ3n) is 8.36. The minimum atomic E-state index is -1.59. The van der Waals surface area contributed by atoms with Gasteiger partial charge in [0.05, 0.1) is 0 Å². The molecule has 24 nitrogen and oxygen atoms in total. The van der Waals surface area contributed by atoms with E-state index in [-0.39, 0.29) is 56.9 Å². The lowest BCUT2D eigenvalue weighted by atomic mass is 10.0. The molecule has 8 amide bonds. The van der Waals surface area contributed by atoms with E-state index in [1.165, 1.54) is 18.7 Å². The highest BCUT2D eigenvalue weighted by molar-refractivity contribution is 7.98. The zero-order valence-electron chi connectivity index (χ0n) is 33.3. The van der Waals surface area contributed by atoms with Crippen molar-refractivity contribution in [1.29, 1.82) is 0 Å². The molecular formula is C34H60N12O12S. The summed E-state index contributed by atoms with van der Waals surface area (Å²) in [5, 5.41) is 32.9. The highest BCUT2D eigenvalue weighted by Gasteiger charge is 2.33. The van der Waals surface area contributed by atoms with Crippen LogP contribution in [0.25, 0.3) is 0 Å². The summed E-state index contributed by atoms with van der Waals surface area (Å²) in [6, 6.07) is -8.33. The number of nitrogens with two attached hydrogens (primary N) is 5. The second-order valence-electron chi connectivity index (χ2n) is 13.3. The van der Waals surface area contributed by atoms with E-state index in [0.29, 0.717) is 12.8 Å². The predicted molar refractivity (Wildman–Crippen MR) is 214 cm³/mol. The standard InChI is InChI=1S/C34H60N12O12S/c1-18(47)41-20(7-5-16-40-34(38)39)29(54)43-21(6-3-4-15-35)30(55)44-22(8-11-25(36)48)32(57)46-24(14-17-59-2)33(58)45-23(10-13-27(51)52)31(56)42-19(28(37)53)9-12-26(49)50/h19-24H,3-17,35H2,1-2H3,(H2,36,48)(H2,37,53)(H,41,47)(H,42,56)(H,43,54)(H,44,55)(H,45,58)(H,46,57)(H,49,50)(H,51,52)(H4,38,39,40)/t19-,20-,21-,22-,23-,24+/m0/s1. The molecule has 0 fully saturated rings. The lowest BCUT2D eigenvalue weighted by molar-refractivity contribution is -0.139. The van der Waals surface area contributed by atoms with Crippen molar-refractivity contribution >= 4 is 76.9 Å². The number of nitrogens with zero attached hydrogens (tertiary/aromatic N) is 1. The summed E-state index contributed by atoms with van der Waals surface area (Å²) in [4.78, 5) is 130. The Kier molecular flexibility index (Phi) is 26.6. The Morgan fingerprint density at radius 1 is 0.542 bits per heavy atom. The number of aliphatic carboxylic acids is 2. The fourth-order valence-corrected chi connectivity index (χ4v) is 5.76. The van der Waals surface area contributed by atoms with Crippen LogP contribution >= 0.6 is 11.8 Å². The van der Waals surface area contributed by atoms with Crippen LogP contribution in [-0.2, 0) is 47.9 Å². The van der Waals surface area contributed by atoms with Crippen molar-refractivity contribution in [3.63, 3.8) is 0 Å². The number of guanidine groups is 1. The minimum absolute atomic E-state index is 0.0451. The van der Waals surface area contributed by atoms with E-state index in [2.05, 4.69) is 36.9 Å². The van der Waals surface area contributed by atoms with Crippen LogP contribution in [0.4, 0.5) is 0 Å². The fourth-order valence-electron chi connectivity index (χ4n) is 5.29.